The number of hydrogen-bond donors (Lipinski definition) is 4. The van der Waals surface area contributed by atoms with Crippen molar-refractivity contribution in [3.8, 4) is 34.5 Å². The monoisotopic (exact) mass is 1160 g/mol. The molecule has 0 aromatic heterocycles. The predicted octanol–water partition coefficient (Wildman–Crippen LogP) is 14.1. The van der Waals surface area contributed by atoms with Gasteiger partial charge in [0.25, 0.3) is 23.2 Å². The Bertz CT molecular complexity index is 2940. The molecule has 22 nitrogen and oxygen atoms in total. The number of nitrogens with one attached hydrogen (secondary N) is 4. The Morgan fingerprint density at radius 2 is 0.679 bits per heavy atom. The minimum atomic E-state index is -0.756. The molecule has 0 aliphatic heterocycles. The van der Waals surface area contributed by atoms with Crippen LogP contribution in [-0.4, -0.2) is 86.5 Å². The van der Waals surface area contributed by atoms with E-state index < -0.39 is 45.0 Å². The van der Waals surface area contributed by atoms with Gasteiger partial charge in [0.15, 0.2) is 0 Å². The first kappa shape index (κ1) is 66.0. The molecular weight excluding hydrogens is 1080 g/mol. The van der Waals surface area contributed by atoms with E-state index in [-0.39, 0.29) is 179 Å². The third-order valence-corrected chi connectivity index (χ3v) is 11.6. The third-order valence-electron chi connectivity index (χ3n) is 11.6. The first-order chi connectivity index (χ1) is 39.8. The number of carbonyl (C=O) groups is 4. The highest BCUT2D eigenvalue weighted by molar-refractivity contribution is 6.09. The summed E-state index contributed by atoms with van der Waals surface area (Å²) in [7, 11) is 0. The molecular formula is C62H80N6O16. The van der Waals surface area contributed by atoms with Gasteiger partial charge in [0.05, 0.1) is 91.3 Å². The van der Waals surface area contributed by atoms with E-state index in [2.05, 4.69) is 21.3 Å². The maximum Gasteiger partial charge on any atom is 0.342 e. The highest BCUT2D eigenvalue weighted by Crippen LogP contribution is 2.42. The zero-order chi connectivity index (χ0) is 61.9. The van der Waals surface area contributed by atoms with Crippen molar-refractivity contribution in [2.24, 2.45) is 35.5 Å². The Morgan fingerprint density at radius 3 is 0.964 bits per heavy atom. The van der Waals surface area contributed by atoms with Gasteiger partial charge in [-0.05, 0) is 104 Å². The summed E-state index contributed by atoms with van der Waals surface area (Å²) in [5, 5.41) is 37.2. The second-order valence-corrected chi connectivity index (χ2v) is 22.3. The number of rotatable bonds is 32. The summed E-state index contributed by atoms with van der Waals surface area (Å²) in [5.41, 5.74) is -0.359. The molecule has 5 aromatic rings. The Labute approximate surface area is 490 Å². The van der Waals surface area contributed by atoms with Crippen molar-refractivity contribution in [2.45, 2.75) is 96.9 Å². The van der Waals surface area contributed by atoms with Gasteiger partial charge in [-0.3, -0.25) is 29.8 Å². The fourth-order valence-corrected chi connectivity index (χ4v) is 7.64. The van der Waals surface area contributed by atoms with Gasteiger partial charge in [-0.2, -0.15) is 0 Å². The molecule has 0 atom stereocenters. The molecule has 0 spiro atoms. The van der Waals surface area contributed by atoms with E-state index in [1.54, 1.807) is 13.8 Å². The van der Waals surface area contributed by atoms with E-state index in [4.69, 9.17) is 37.9 Å². The summed E-state index contributed by atoms with van der Waals surface area (Å²) >= 11 is 0. The molecule has 5 rings (SSSR count). The van der Waals surface area contributed by atoms with Crippen LogP contribution in [0.1, 0.15) is 138 Å². The second kappa shape index (κ2) is 31.0. The number of nitrogens with zero attached hydrogens (tertiary/aromatic N) is 2. The summed E-state index contributed by atoms with van der Waals surface area (Å²) in [4.78, 5) is 78.9. The van der Waals surface area contributed by atoms with Gasteiger partial charge >= 0.3 is 11.9 Å². The van der Waals surface area contributed by atoms with Crippen LogP contribution < -0.4 is 49.7 Å². The lowest BCUT2D eigenvalue weighted by atomic mass is 10.1. The van der Waals surface area contributed by atoms with Crippen LogP contribution in [0.25, 0.3) is 0 Å². The predicted molar refractivity (Wildman–Crippen MR) is 322 cm³/mol. The molecule has 22 heteroatoms. The van der Waals surface area contributed by atoms with Crippen LogP contribution in [0.2, 0.25) is 0 Å². The lowest BCUT2D eigenvalue weighted by molar-refractivity contribution is -0.393. The third kappa shape index (κ3) is 19.1. The van der Waals surface area contributed by atoms with Crippen molar-refractivity contribution < 1.29 is 66.9 Å². The number of amides is 2. The number of anilines is 6. The average Bonchev–Trinajstić information content (AvgIpc) is 3.54. The van der Waals surface area contributed by atoms with Gasteiger partial charge in [0, 0.05) is 23.5 Å². The molecule has 0 radical (unpaired) electrons. The zero-order valence-electron chi connectivity index (χ0n) is 50.5. The van der Waals surface area contributed by atoms with E-state index in [0.717, 1.165) is 6.07 Å². The van der Waals surface area contributed by atoms with Crippen LogP contribution in [0.5, 0.6) is 34.5 Å². The van der Waals surface area contributed by atoms with E-state index in [0.29, 0.717) is 0 Å². The molecule has 454 valence electrons. The van der Waals surface area contributed by atoms with Crippen LogP contribution in [-0.2, 0) is 9.47 Å². The second-order valence-electron chi connectivity index (χ2n) is 22.3. The van der Waals surface area contributed by atoms with E-state index in [1.165, 1.54) is 66.7 Å². The standard InChI is InChI=1S/C62H80N6O16/c1-15-77-61(71)45-25-53(79-29-35(3)4)43(23-55(45)81-31-37(7)8)59(69)65-47-19-17-41(21-57(47)83-33-39(11)12)63-49-27-50(52(68(75)76)28-51(49)67(73)74)64-42-18-20-48(58(22-42)84-34-40(13)14)66-60(70)44-24-56(82-32-38(9)10)46(62(72)78-16-2)26-54(44)80-30-36(5)6/h17-28,35-40,63-64H,15-16,29-34H2,1-14H3,(H,65,69)(H,66,70). The fraction of sp³-hybridized carbons (Fsp3) is 0.452. The van der Waals surface area contributed by atoms with E-state index in [1.807, 2.05) is 83.1 Å². The molecule has 2 amide bonds. The number of carbonyl (C=O) groups excluding carboxylic acids is 4. The number of nitro benzene ring substituents is 2. The van der Waals surface area contributed by atoms with Crippen LogP contribution >= 0.6 is 0 Å². The smallest absolute Gasteiger partial charge is 0.342 e. The first-order valence-corrected chi connectivity index (χ1v) is 28.2. The fourth-order valence-electron chi connectivity index (χ4n) is 7.64. The molecule has 4 N–H and O–H groups in total. The van der Waals surface area contributed by atoms with Gasteiger partial charge in [-0.15, -0.1) is 0 Å². The summed E-state index contributed by atoms with van der Waals surface area (Å²) < 4.78 is 47.3. The molecule has 0 saturated heterocycles. The Balaban J connectivity index is 1.55. The largest absolute Gasteiger partial charge is 0.492 e. The lowest BCUT2D eigenvalue weighted by Gasteiger charge is -2.20. The van der Waals surface area contributed by atoms with Crippen LogP contribution in [0.15, 0.2) is 72.8 Å². The first-order valence-electron chi connectivity index (χ1n) is 28.2. The molecule has 0 fully saturated rings. The Kier molecular flexibility index (Phi) is 24.4. The molecule has 0 saturated carbocycles. The molecule has 0 aliphatic carbocycles. The normalized spacial score (nSPS) is 11.2. The topological polar surface area (TPSA) is 277 Å². The van der Waals surface area contributed by atoms with Crippen molar-refractivity contribution in [1.82, 2.24) is 0 Å². The molecule has 5 aromatic carbocycles. The van der Waals surface area contributed by atoms with Crippen molar-refractivity contribution in [3.05, 3.63) is 115 Å². The quantitative estimate of drug-likeness (QED) is 0.0177. The summed E-state index contributed by atoms with van der Waals surface area (Å²) in [5.74, 6) is -1.45. The number of esters is 2. The van der Waals surface area contributed by atoms with Crippen molar-refractivity contribution in [1.29, 1.82) is 0 Å². The minimum absolute atomic E-state index is 0.0181. The minimum Gasteiger partial charge on any atom is -0.492 e. The highest BCUT2D eigenvalue weighted by atomic mass is 16.6. The summed E-state index contributed by atoms with van der Waals surface area (Å²) in [6.45, 7) is 28.1. The van der Waals surface area contributed by atoms with Crippen molar-refractivity contribution >= 4 is 69.3 Å². The SMILES string of the molecule is CCOC(=O)c1cc(OCC(C)C)c(C(=O)Nc2ccc(Nc3cc(Nc4ccc(NC(=O)c5cc(OCC(C)C)c(C(=O)OCC)cc5OCC(C)C)c(OCC(C)C)c4)c([N+](=O)[O-])cc3[N+](=O)[O-])cc2OCC(C)C)cc1OCC(C)C. The summed E-state index contributed by atoms with van der Waals surface area (Å²) in [6.07, 6.45) is 0. The molecule has 0 heterocycles. The molecule has 0 unspecified atom stereocenters. The Hall–Kier alpha value is -8.82. The number of hydrogen-bond acceptors (Lipinski definition) is 18. The maximum absolute atomic E-state index is 14.4. The van der Waals surface area contributed by atoms with Gasteiger partial charge in [0.2, 0.25) is 0 Å². The number of nitro groups is 2. The average molecular weight is 1170 g/mol. The number of benzene rings is 5. The molecule has 0 aliphatic rings. The van der Waals surface area contributed by atoms with E-state index in [9.17, 15) is 39.4 Å². The maximum atomic E-state index is 14.4. The van der Waals surface area contributed by atoms with Crippen LogP contribution in [0.4, 0.5) is 45.5 Å². The lowest BCUT2D eigenvalue weighted by Crippen LogP contribution is -2.18. The van der Waals surface area contributed by atoms with E-state index >= 15 is 0 Å². The van der Waals surface area contributed by atoms with Gasteiger partial charge in [-0.25, -0.2) is 9.59 Å². The van der Waals surface area contributed by atoms with Gasteiger partial charge in [0.1, 0.15) is 57.0 Å². The van der Waals surface area contributed by atoms with Crippen LogP contribution in [0, 0.1) is 55.7 Å². The number of ether oxygens (including phenoxy) is 8. The molecule has 0 bridgehead atoms. The zero-order valence-corrected chi connectivity index (χ0v) is 50.5. The summed E-state index contributed by atoms with van der Waals surface area (Å²) in [6, 6.07) is 17.0. The Morgan fingerprint density at radius 1 is 0.393 bits per heavy atom. The van der Waals surface area contributed by atoms with Gasteiger partial charge < -0.3 is 59.2 Å². The molecule has 84 heavy (non-hydrogen) atoms. The van der Waals surface area contributed by atoms with Crippen LogP contribution in [0.3, 0.4) is 0 Å². The van der Waals surface area contributed by atoms with Gasteiger partial charge in [-0.1, -0.05) is 83.1 Å². The van der Waals surface area contributed by atoms with Crippen molar-refractivity contribution in [2.75, 3.05) is 74.1 Å². The van der Waals surface area contributed by atoms with Crippen molar-refractivity contribution in [3.63, 3.8) is 0 Å². The highest BCUT2D eigenvalue weighted by Gasteiger charge is 2.29.